The van der Waals surface area contributed by atoms with Gasteiger partial charge >= 0.3 is 0 Å². The van der Waals surface area contributed by atoms with Crippen molar-refractivity contribution in [3.8, 4) is 0 Å². The number of hydrogen-bond donors (Lipinski definition) is 0. The summed E-state index contributed by atoms with van der Waals surface area (Å²) < 4.78 is 0. The molecule has 0 radical (unpaired) electrons. The van der Waals surface area contributed by atoms with Gasteiger partial charge in [0.05, 0.1) is 0 Å². The average Bonchev–Trinajstić information content (AvgIpc) is 2.32. The fourth-order valence-electron chi connectivity index (χ4n) is 3.26. The molecule has 0 saturated carbocycles. The molecule has 0 heterocycles. The van der Waals surface area contributed by atoms with Gasteiger partial charge in [0, 0.05) is 0 Å². The highest BCUT2D eigenvalue weighted by Crippen LogP contribution is 2.40. The summed E-state index contributed by atoms with van der Waals surface area (Å²) in [6.45, 7) is 23.4. The lowest BCUT2D eigenvalue weighted by Gasteiger charge is -2.33. The molecule has 126 valence electrons. The van der Waals surface area contributed by atoms with Crippen molar-refractivity contribution in [1.82, 2.24) is 0 Å². The lowest BCUT2D eigenvalue weighted by Crippen LogP contribution is -2.21. The van der Waals surface area contributed by atoms with Crippen molar-refractivity contribution in [2.75, 3.05) is 0 Å². The summed E-state index contributed by atoms with van der Waals surface area (Å²) in [5.74, 6) is 0.650. The van der Waals surface area contributed by atoms with E-state index in [0.29, 0.717) is 11.3 Å². The molecule has 0 aliphatic carbocycles. The van der Waals surface area contributed by atoms with Gasteiger partial charge in [0.1, 0.15) is 0 Å². The topological polar surface area (TPSA) is 0 Å². The van der Waals surface area contributed by atoms with Gasteiger partial charge in [-0.1, -0.05) is 87.4 Å². The van der Waals surface area contributed by atoms with E-state index in [2.05, 4.69) is 87.4 Å². The Kier molecular flexibility index (Phi) is 5.59. The van der Waals surface area contributed by atoms with Crippen LogP contribution in [0.5, 0.6) is 0 Å². The summed E-state index contributed by atoms with van der Waals surface area (Å²) in [5.41, 5.74) is 5.35. The lowest BCUT2D eigenvalue weighted by molar-refractivity contribution is 0.332. The van der Waals surface area contributed by atoms with E-state index in [0.717, 1.165) is 0 Å². The molecule has 0 spiro atoms. The van der Waals surface area contributed by atoms with Gasteiger partial charge in [0.15, 0.2) is 0 Å². The lowest BCUT2D eigenvalue weighted by atomic mass is 9.72. The first-order chi connectivity index (χ1) is 9.75. The molecule has 0 aliphatic heterocycles. The van der Waals surface area contributed by atoms with E-state index in [4.69, 9.17) is 0 Å². The zero-order chi connectivity index (χ0) is 17.3. The fraction of sp³-hybridized carbons (Fsp3) is 0.727. The van der Waals surface area contributed by atoms with Gasteiger partial charge in [-0.15, -0.1) is 0 Å². The Labute approximate surface area is 139 Å². The average molecular weight is 303 g/mol. The second-order valence-corrected chi connectivity index (χ2v) is 10.2. The molecule has 1 aromatic carbocycles. The summed E-state index contributed by atoms with van der Waals surface area (Å²) in [5, 5.41) is 0. The molecular formula is C22H38. The Balaban J connectivity index is 3.44. The van der Waals surface area contributed by atoms with Crippen LogP contribution in [0.4, 0.5) is 0 Å². The molecule has 0 saturated heterocycles. The third-order valence-electron chi connectivity index (χ3n) is 4.52. The van der Waals surface area contributed by atoms with Crippen molar-refractivity contribution in [3.05, 3.63) is 34.9 Å². The quantitative estimate of drug-likeness (QED) is 0.553. The van der Waals surface area contributed by atoms with Gasteiger partial charge in [0.2, 0.25) is 0 Å². The van der Waals surface area contributed by atoms with Crippen molar-refractivity contribution in [2.45, 2.75) is 98.8 Å². The zero-order valence-corrected chi connectivity index (χ0v) is 16.7. The van der Waals surface area contributed by atoms with Crippen LogP contribution in [-0.4, -0.2) is 0 Å². The molecule has 0 bridgehead atoms. The maximum Gasteiger partial charge on any atom is -0.0129 e. The van der Waals surface area contributed by atoms with Crippen LogP contribution in [-0.2, 0) is 10.8 Å². The van der Waals surface area contributed by atoms with E-state index in [-0.39, 0.29) is 10.8 Å². The third kappa shape index (κ3) is 5.14. The molecule has 0 heteroatoms. The van der Waals surface area contributed by atoms with Crippen LogP contribution in [0.25, 0.3) is 0 Å². The first-order valence-electron chi connectivity index (χ1n) is 8.90. The van der Waals surface area contributed by atoms with Crippen LogP contribution < -0.4 is 0 Å². The Morgan fingerprint density at radius 3 is 1.73 bits per heavy atom. The van der Waals surface area contributed by atoms with E-state index in [1.54, 1.807) is 5.56 Å². The molecule has 0 N–H and O–H groups in total. The number of benzene rings is 1. The minimum Gasteiger partial charge on any atom is -0.0648 e. The van der Waals surface area contributed by atoms with Gasteiger partial charge in [-0.2, -0.15) is 0 Å². The van der Waals surface area contributed by atoms with E-state index in [1.807, 2.05) is 0 Å². The predicted octanol–water partition coefficient (Wildman–Crippen LogP) is 7.21. The van der Waals surface area contributed by atoms with Crippen molar-refractivity contribution in [3.63, 3.8) is 0 Å². The second kappa shape index (κ2) is 6.38. The standard InChI is InChI=1S/C22H38/c1-11-16(15-20(2,3)4)18-14-17(21(5,6)7)12-13-19(18)22(8,9)10/h12-14,16H,11,15H2,1-10H3. The molecule has 0 nitrogen and oxygen atoms in total. The van der Waals surface area contributed by atoms with Gasteiger partial charge in [-0.3, -0.25) is 0 Å². The fourth-order valence-corrected chi connectivity index (χ4v) is 3.26. The van der Waals surface area contributed by atoms with Gasteiger partial charge in [-0.05, 0) is 51.7 Å². The molecule has 22 heavy (non-hydrogen) atoms. The molecule has 0 fully saturated rings. The molecule has 1 atom stereocenters. The maximum atomic E-state index is 2.50. The van der Waals surface area contributed by atoms with Crippen LogP contribution in [0.1, 0.15) is 105 Å². The monoisotopic (exact) mass is 302 g/mol. The Morgan fingerprint density at radius 2 is 1.36 bits per heavy atom. The van der Waals surface area contributed by atoms with E-state index in [1.165, 1.54) is 24.0 Å². The highest BCUT2D eigenvalue weighted by Gasteiger charge is 2.27. The Bertz CT molecular complexity index is 486. The van der Waals surface area contributed by atoms with Gasteiger partial charge in [0.25, 0.3) is 0 Å². The normalized spacial score (nSPS) is 15.0. The van der Waals surface area contributed by atoms with E-state index < -0.39 is 0 Å². The van der Waals surface area contributed by atoms with Gasteiger partial charge in [-0.25, -0.2) is 0 Å². The Hall–Kier alpha value is -0.780. The smallest absolute Gasteiger partial charge is 0.0129 e. The minimum absolute atomic E-state index is 0.205. The minimum atomic E-state index is 0.205. The largest absolute Gasteiger partial charge is 0.0648 e. The molecule has 0 aliphatic rings. The van der Waals surface area contributed by atoms with E-state index in [9.17, 15) is 0 Å². The third-order valence-corrected chi connectivity index (χ3v) is 4.52. The van der Waals surface area contributed by atoms with E-state index >= 15 is 0 Å². The molecule has 1 rings (SSSR count). The maximum absolute atomic E-state index is 2.50. The van der Waals surface area contributed by atoms with Crippen LogP contribution >= 0.6 is 0 Å². The molecular weight excluding hydrogens is 264 g/mol. The van der Waals surface area contributed by atoms with Crippen LogP contribution in [0.2, 0.25) is 0 Å². The Morgan fingerprint density at radius 1 is 0.818 bits per heavy atom. The highest BCUT2D eigenvalue weighted by molar-refractivity contribution is 5.41. The number of rotatable bonds is 3. The van der Waals surface area contributed by atoms with Crippen molar-refractivity contribution in [2.24, 2.45) is 5.41 Å². The summed E-state index contributed by atoms with van der Waals surface area (Å²) in [6.07, 6.45) is 2.47. The summed E-state index contributed by atoms with van der Waals surface area (Å²) in [7, 11) is 0. The predicted molar refractivity (Wildman–Crippen MR) is 101 cm³/mol. The van der Waals surface area contributed by atoms with Crippen LogP contribution in [0.15, 0.2) is 18.2 Å². The first-order valence-corrected chi connectivity index (χ1v) is 8.90. The van der Waals surface area contributed by atoms with Crippen LogP contribution in [0.3, 0.4) is 0 Å². The summed E-state index contributed by atoms with van der Waals surface area (Å²) in [4.78, 5) is 0. The number of hydrogen-bond acceptors (Lipinski definition) is 0. The second-order valence-electron chi connectivity index (χ2n) is 10.2. The first kappa shape index (κ1) is 19.3. The molecule has 0 aromatic heterocycles. The highest BCUT2D eigenvalue weighted by atomic mass is 14.3. The van der Waals surface area contributed by atoms with Crippen molar-refractivity contribution in [1.29, 1.82) is 0 Å². The zero-order valence-electron chi connectivity index (χ0n) is 16.7. The molecule has 1 aromatic rings. The summed E-state index contributed by atoms with van der Waals surface area (Å²) in [6, 6.07) is 7.23. The SMILES string of the molecule is CCC(CC(C)(C)C)c1cc(C(C)(C)C)ccc1C(C)(C)C. The summed E-state index contributed by atoms with van der Waals surface area (Å²) >= 11 is 0. The van der Waals surface area contributed by atoms with Gasteiger partial charge < -0.3 is 0 Å². The van der Waals surface area contributed by atoms with Crippen molar-refractivity contribution < 1.29 is 0 Å². The molecule has 0 amide bonds. The van der Waals surface area contributed by atoms with Crippen molar-refractivity contribution >= 4 is 0 Å². The van der Waals surface area contributed by atoms with Crippen LogP contribution in [0, 0.1) is 5.41 Å². The molecule has 1 unspecified atom stereocenters.